The lowest BCUT2D eigenvalue weighted by molar-refractivity contribution is -0.385. The molecule has 51 heavy (non-hydrogen) atoms. The van der Waals surface area contributed by atoms with Crippen LogP contribution in [0.3, 0.4) is 0 Å². The van der Waals surface area contributed by atoms with Gasteiger partial charge in [-0.2, -0.15) is 0 Å². The second kappa shape index (κ2) is 16.7. The van der Waals surface area contributed by atoms with Crippen LogP contribution in [-0.4, -0.2) is 49.6 Å². The zero-order valence-electron chi connectivity index (χ0n) is 29.6. The van der Waals surface area contributed by atoms with Gasteiger partial charge in [0.2, 0.25) is 6.10 Å². The molecule has 1 aromatic heterocycles. The van der Waals surface area contributed by atoms with Gasteiger partial charge in [0.15, 0.2) is 15.1 Å². The van der Waals surface area contributed by atoms with Gasteiger partial charge in [-0.1, -0.05) is 67.5 Å². The molecular formula is C36H40ClN5O7S2. The number of amides is 2. The van der Waals surface area contributed by atoms with Crippen LogP contribution in [0.5, 0.6) is 11.5 Å². The van der Waals surface area contributed by atoms with E-state index in [9.17, 15) is 24.5 Å². The highest BCUT2D eigenvalue weighted by atomic mass is 35.5. The summed E-state index contributed by atoms with van der Waals surface area (Å²) >= 11 is 8.40. The van der Waals surface area contributed by atoms with Crippen molar-refractivity contribution in [3.8, 4) is 11.5 Å². The molecule has 4 aromatic rings. The van der Waals surface area contributed by atoms with Gasteiger partial charge in [0.1, 0.15) is 17.6 Å². The smallest absolute Gasteiger partial charge is 0.289 e. The molecule has 270 valence electrons. The maximum Gasteiger partial charge on any atom is 0.289 e. The molecule has 12 nitrogen and oxygen atoms in total. The summed E-state index contributed by atoms with van der Waals surface area (Å²) in [4.78, 5) is 53.4. The summed E-state index contributed by atoms with van der Waals surface area (Å²) in [5.74, 6) is -0.549. The summed E-state index contributed by atoms with van der Waals surface area (Å²) in [6, 6.07) is 14.8. The standard InChI is InChI=1S/C36H40ClN5O7S2/c1-9-41(35(45)51-34-40-39-33(50-34)23(5)48-28-14-11-20(2)16-22(28)4)19-24-18-25(42(46)47)12-15-29(24)49-30(31(43)36(6,7)8)32(44)38-27-17-21(3)10-13-26(27)37/h10-18,23,30H,9,19H2,1-8H3,(H,38,44). The second-order valence-electron chi connectivity index (χ2n) is 13.0. The number of halogens is 1. The molecule has 0 aliphatic carbocycles. The number of aryl methyl sites for hydroxylation is 3. The first-order chi connectivity index (χ1) is 24.0. The van der Waals surface area contributed by atoms with Gasteiger partial charge in [-0.3, -0.25) is 24.5 Å². The first kappa shape index (κ1) is 39.3. The molecule has 0 saturated carbocycles. The fourth-order valence-electron chi connectivity index (χ4n) is 4.85. The number of nitrogens with zero attached hydrogens (tertiary/aromatic N) is 4. The second-order valence-corrected chi connectivity index (χ2v) is 15.6. The van der Waals surface area contributed by atoms with Crippen LogP contribution in [0, 0.1) is 36.3 Å². The number of rotatable bonds is 13. The highest BCUT2D eigenvalue weighted by Crippen LogP contribution is 2.34. The molecule has 3 aromatic carbocycles. The van der Waals surface area contributed by atoms with E-state index in [2.05, 4.69) is 15.5 Å². The summed E-state index contributed by atoms with van der Waals surface area (Å²) in [5, 5.41) is 23.3. The number of nitrogens with one attached hydrogen (secondary N) is 1. The molecule has 1 N–H and O–H groups in total. The molecule has 15 heteroatoms. The number of carbonyl (C=O) groups excluding carboxylic acids is 3. The molecule has 0 fully saturated rings. The number of ketones is 1. The first-order valence-electron chi connectivity index (χ1n) is 16.1. The number of thioether (sulfide) groups is 1. The third-order valence-electron chi connectivity index (χ3n) is 7.67. The molecule has 2 amide bonds. The number of anilines is 1. The minimum absolute atomic E-state index is 0.0283. The molecule has 0 aliphatic heterocycles. The zero-order chi connectivity index (χ0) is 37.6. The Kier molecular flexibility index (Phi) is 12.8. The first-order valence-corrected chi connectivity index (χ1v) is 18.1. The van der Waals surface area contributed by atoms with E-state index >= 15 is 0 Å². The normalized spacial score (nSPS) is 12.5. The molecule has 1 heterocycles. The van der Waals surface area contributed by atoms with Crippen molar-refractivity contribution in [1.82, 2.24) is 15.1 Å². The molecule has 0 radical (unpaired) electrons. The number of benzene rings is 3. The fraction of sp³-hybridized carbons (Fsp3) is 0.361. The van der Waals surface area contributed by atoms with Crippen LogP contribution in [0.2, 0.25) is 5.02 Å². The van der Waals surface area contributed by atoms with Gasteiger partial charge >= 0.3 is 0 Å². The van der Waals surface area contributed by atoms with E-state index in [0.29, 0.717) is 15.0 Å². The Morgan fingerprint density at radius 1 is 1.00 bits per heavy atom. The Bertz CT molecular complexity index is 1950. The van der Waals surface area contributed by atoms with Crippen molar-refractivity contribution in [3.05, 3.63) is 97.0 Å². The number of hydrogen-bond acceptors (Lipinski definition) is 11. The molecule has 2 unspecified atom stereocenters. The van der Waals surface area contributed by atoms with Crippen LogP contribution in [0.1, 0.15) is 68.0 Å². The summed E-state index contributed by atoms with van der Waals surface area (Å²) in [5.41, 5.74) is 2.22. The van der Waals surface area contributed by atoms with Gasteiger partial charge in [0.05, 0.1) is 22.2 Å². The molecule has 0 spiro atoms. The van der Waals surface area contributed by atoms with Crippen LogP contribution in [-0.2, 0) is 16.1 Å². The van der Waals surface area contributed by atoms with Crippen molar-refractivity contribution in [1.29, 1.82) is 0 Å². The van der Waals surface area contributed by atoms with Crippen LogP contribution in [0.15, 0.2) is 58.9 Å². The number of carbonyl (C=O) groups is 3. The number of nitro groups is 1. The molecule has 0 aliphatic rings. The Morgan fingerprint density at radius 2 is 1.67 bits per heavy atom. The van der Waals surface area contributed by atoms with Crippen LogP contribution < -0.4 is 14.8 Å². The Labute approximate surface area is 310 Å². The Hall–Kier alpha value is -4.53. The molecule has 0 saturated heterocycles. The number of hydrogen-bond donors (Lipinski definition) is 1. The maximum atomic E-state index is 13.6. The predicted octanol–water partition coefficient (Wildman–Crippen LogP) is 8.90. The summed E-state index contributed by atoms with van der Waals surface area (Å²) in [6.45, 7) is 14.5. The molecule has 0 bridgehead atoms. The van der Waals surface area contributed by atoms with Gasteiger partial charge in [-0.15, -0.1) is 10.2 Å². The lowest BCUT2D eigenvalue weighted by Crippen LogP contribution is -2.45. The number of ether oxygens (including phenoxy) is 2. The van der Waals surface area contributed by atoms with Crippen molar-refractivity contribution >= 4 is 63.0 Å². The Morgan fingerprint density at radius 3 is 2.31 bits per heavy atom. The lowest BCUT2D eigenvalue weighted by Gasteiger charge is -2.27. The maximum absolute atomic E-state index is 13.6. The molecular weight excluding hydrogens is 714 g/mol. The van der Waals surface area contributed by atoms with Crippen molar-refractivity contribution in [3.63, 3.8) is 0 Å². The number of Topliss-reactive ketones (excluding diaryl/α,β-unsaturated/α-hetero) is 1. The van der Waals surface area contributed by atoms with Crippen LogP contribution >= 0.6 is 34.7 Å². The largest absolute Gasteiger partial charge is 0.483 e. The van der Waals surface area contributed by atoms with Crippen molar-refractivity contribution in [2.45, 2.75) is 78.5 Å². The van der Waals surface area contributed by atoms with Crippen molar-refractivity contribution in [2.24, 2.45) is 5.41 Å². The number of non-ortho nitro benzene ring substituents is 1. The Balaban J connectivity index is 1.56. The highest BCUT2D eigenvalue weighted by Gasteiger charge is 2.37. The molecule has 4 rings (SSSR count). The van der Waals surface area contributed by atoms with Crippen LogP contribution in [0.4, 0.5) is 16.2 Å². The van der Waals surface area contributed by atoms with E-state index < -0.39 is 39.5 Å². The van der Waals surface area contributed by atoms with E-state index in [1.807, 2.05) is 45.9 Å². The minimum Gasteiger partial charge on any atom is -0.483 e. The van der Waals surface area contributed by atoms with E-state index in [1.54, 1.807) is 45.9 Å². The van der Waals surface area contributed by atoms with E-state index in [-0.39, 0.29) is 35.1 Å². The third kappa shape index (κ3) is 10.3. The average molecular weight is 754 g/mol. The van der Waals surface area contributed by atoms with E-state index in [1.165, 1.54) is 34.4 Å². The minimum atomic E-state index is -1.64. The summed E-state index contributed by atoms with van der Waals surface area (Å²) in [7, 11) is 0. The monoisotopic (exact) mass is 753 g/mol. The van der Waals surface area contributed by atoms with Crippen molar-refractivity contribution < 1.29 is 28.8 Å². The van der Waals surface area contributed by atoms with Gasteiger partial charge in [0, 0.05) is 41.4 Å². The highest BCUT2D eigenvalue weighted by molar-refractivity contribution is 8.14. The number of aromatic nitrogens is 2. The zero-order valence-corrected chi connectivity index (χ0v) is 32.0. The topological polar surface area (TPSA) is 154 Å². The average Bonchev–Trinajstić information content (AvgIpc) is 3.53. The summed E-state index contributed by atoms with van der Waals surface area (Å²) < 4.78 is 12.6. The van der Waals surface area contributed by atoms with Crippen molar-refractivity contribution in [2.75, 3.05) is 11.9 Å². The predicted molar refractivity (Wildman–Crippen MR) is 199 cm³/mol. The SMILES string of the molecule is CCN(Cc1cc([N+](=O)[O-])ccc1OC(C(=O)Nc1cc(C)ccc1Cl)C(=O)C(C)(C)C)C(=O)Sc1nnc(C(C)Oc2ccc(C)cc2C)s1. The van der Waals surface area contributed by atoms with E-state index in [4.69, 9.17) is 21.1 Å². The molecule has 2 atom stereocenters. The fourth-order valence-corrected chi connectivity index (χ4v) is 6.76. The van der Waals surface area contributed by atoms with Crippen LogP contribution in [0.25, 0.3) is 0 Å². The van der Waals surface area contributed by atoms with Gasteiger partial charge in [-0.25, -0.2) is 0 Å². The van der Waals surface area contributed by atoms with Gasteiger partial charge in [-0.05, 0) is 70.0 Å². The quantitative estimate of drug-likeness (QED) is 0.0606. The lowest BCUT2D eigenvalue weighted by atomic mass is 9.87. The van der Waals surface area contributed by atoms with Gasteiger partial charge < -0.3 is 19.7 Å². The van der Waals surface area contributed by atoms with Gasteiger partial charge in [0.25, 0.3) is 16.8 Å². The van der Waals surface area contributed by atoms with E-state index in [0.717, 1.165) is 34.2 Å². The number of nitro benzene ring substituents is 1. The third-order valence-corrected chi connectivity index (χ3v) is 10.1. The summed E-state index contributed by atoms with van der Waals surface area (Å²) in [6.07, 6.45) is -2.06.